The van der Waals surface area contributed by atoms with E-state index in [1.165, 1.54) is 36.1 Å². The first kappa shape index (κ1) is 17.7. The molecule has 0 amide bonds. The van der Waals surface area contributed by atoms with E-state index in [-0.39, 0.29) is 6.61 Å². The minimum absolute atomic E-state index is 0.277. The van der Waals surface area contributed by atoms with E-state index in [0.29, 0.717) is 6.04 Å². The predicted molar refractivity (Wildman–Crippen MR) is 97.5 cm³/mol. The Balaban J connectivity index is 1.67. The van der Waals surface area contributed by atoms with Gasteiger partial charge < -0.3 is 14.7 Å². The summed E-state index contributed by atoms with van der Waals surface area (Å²) in [6.07, 6.45) is 3.69. The molecule has 4 nitrogen and oxygen atoms in total. The van der Waals surface area contributed by atoms with E-state index in [4.69, 9.17) is 4.74 Å². The van der Waals surface area contributed by atoms with Crippen LogP contribution >= 0.6 is 0 Å². The van der Waals surface area contributed by atoms with Crippen LogP contribution in [-0.2, 0) is 6.54 Å². The zero-order valence-electron chi connectivity index (χ0n) is 15.4. The first-order chi connectivity index (χ1) is 11.6. The van der Waals surface area contributed by atoms with Gasteiger partial charge in [-0.15, -0.1) is 0 Å². The highest BCUT2D eigenvalue weighted by molar-refractivity contribution is 5.43. The molecule has 1 heterocycles. The third-order valence-electron chi connectivity index (χ3n) is 5.81. The van der Waals surface area contributed by atoms with Crippen LogP contribution in [0.15, 0.2) is 12.1 Å². The van der Waals surface area contributed by atoms with Crippen LogP contribution in [0.4, 0.5) is 0 Å². The Morgan fingerprint density at radius 1 is 1.17 bits per heavy atom. The molecular formula is C20H32N2O2. The zero-order chi connectivity index (χ0) is 17.1. The highest BCUT2D eigenvalue weighted by Crippen LogP contribution is 2.31. The number of aliphatic hydroxyl groups excluding tert-OH is 1. The summed E-state index contributed by atoms with van der Waals surface area (Å²) in [7, 11) is 1.73. The molecule has 0 bridgehead atoms. The van der Waals surface area contributed by atoms with E-state index < -0.39 is 0 Å². The third kappa shape index (κ3) is 4.11. The highest BCUT2D eigenvalue weighted by Gasteiger charge is 2.31. The molecule has 0 radical (unpaired) electrons. The van der Waals surface area contributed by atoms with E-state index in [1.54, 1.807) is 7.11 Å². The van der Waals surface area contributed by atoms with E-state index in [0.717, 1.165) is 44.3 Å². The van der Waals surface area contributed by atoms with Crippen LogP contribution in [0.25, 0.3) is 0 Å². The van der Waals surface area contributed by atoms with Gasteiger partial charge in [0.25, 0.3) is 0 Å². The molecule has 4 heteroatoms. The van der Waals surface area contributed by atoms with Crippen LogP contribution in [0.1, 0.15) is 36.0 Å². The number of nitrogens with zero attached hydrogens (tertiary/aromatic N) is 2. The van der Waals surface area contributed by atoms with Crippen molar-refractivity contribution in [2.75, 3.05) is 39.9 Å². The first-order valence-electron chi connectivity index (χ1n) is 9.32. The fourth-order valence-corrected chi connectivity index (χ4v) is 3.88. The van der Waals surface area contributed by atoms with Crippen LogP contribution < -0.4 is 4.74 Å². The van der Waals surface area contributed by atoms with Gasteiger partial charge in [0, 0.05) is 45.4 Å². The second kappa shape index (κ2) is 7.85. The lowest BCUT2D eigenvalue weighted by atomic mass is 10.00. The number of hydrogen-bond donors (Lipinski definition) is 1. The SMILES string of the molecule is COc1ccc(CN2CCN(CC3CC3)C[C@H]2CCO)c(C)c1C. The summed E-state index contributed by atoms with van der Waals surface area (Å²) in [6.45, 7) is 10.2. The molecule has 1 aromatic rings. The molecule has 0 unspecified atom stereocenters. The van der Waals surface area contributed by atoms with E-state index in [1.807, 2.05) is 0 Å². The maximum atomic E-state index is 9.49. The molecule has 1 saturated carbocycles. The van der Waals surface area contributed by atoms with Gasteiger partial charge in [0.1, 0.15) is 5.75 Å². The first-order valence-corrected chi connectivity index (χ1v) is 9.32. The van der Waals surface area contributed by atoms with Crippen molar-refractivity contribution in [1.82, 2.24) is 9.80 Å². The van der Waals surface area contributed by atoms with Crippen molar-refractivity contribution in [1.29, 1.82) is 0 Å². The molecule has 1 N–H and O–H groups in total. The summed E-state index contributed by atoms with van der Waals surface area (Å²) in [5.41, 5.74) is 3.95. The molecule has 1 aromatic carbocycles. The lowest BCUT2D eigenvalue weighted by molar-refractivity contribution is 0.0514. The lowest BCUT2D eigenvalue weighted by Crippen LogP contribution is -2.53. The van der Waals surface area contributed by atoms with Crippen molar-refractivity contribution < 1.29 is 9.84 Å². The Hall–Kier alpha value is -1.10. The summed E-state index contributed by atoms with van der Waals surface area (Å²) >= 11 is 0. The quantitative estimate of drug-likeness (QED) is 0.832. The van der Waals surface area contributed by atoms with Gasteiger partial charge >= 0.3 is 0 Å². The Kier molecular flexibility index (Phi) is 5.80. The van der Waals surface area contributed by atoms with Gasteiger partial charge in [0.05, 0.1) is 7.11 Å². The van der Waals surface area contributed by atoms with E-state index >= 15 is 0 Å². The molecule has 1 saturated heterocycles. The molecule has 24 heavy (non-hydrogen) atoms. The van der Waals surface area contributed by atoms with Crippen molar-refractivity contribution >= 4 is 0 Å². The van der Waals surface area contributed by atoms with Crippen molar-refractivity contribution in [2.24, 2.45) is 5.92 Å². The molecule has 2 fully saturated rings. The van der Waals surface area contributed by atoms with Crippen molar-refractivity contribution in [3.05, 3.63) is 28.8 Å². The average Bonchev–Trinajstić information content (AvgIpc) is 3.38. The van der Waals surface area contributed by atoms with Crippen LogP contribution in [-0.4, -0.2) is 60.8 Å². The molecule has 0 aromatic heterocycles. The molecule has 2 aliphatic rings. The van der Waals surface area contributed by atoms with Gasteiger partial charge in [-0.1, -0.05) is 6.07 Å². The van der Waals surface area contributed by atoms with Gasteiger partial charge in [-0.3, -0.25) is 4.90 Å². The Morgan fingerprint density at radius 2 is 1.96 bits per heavy atom. The van der Waals surface area contributed by atoms with Gasteiger partial charge in [-0.2, -0.15) is 0 Å². The van der Waals surface area contributed by atoms with E-state index in [2.05, 4.69) is 35.8 Å². The maximum Gasteiger partial charge on any atom is 0.122 e. The Morgan fingerprint density at radius 3 is 2.62 bits per heavy atom. The standard InChI is InChI=1S/C20H32N2O2/c1-15-16(2)20(24-3)7-6-18(15)13-22-10-9-21(12-17-4-5-17)14-19(22)8-11-23/h6-7,17,19,23H,4-5,8-14H2,1-3H3/t19-/m1/s1. The Bertz CT molecular complexity index is 557. The van der Waals surface area contributed by atoms with Gasteiger partial charge in [0.15, 0.2) is 0 Å². The predicted octanol–water partition coefficient (Wildman–Crippen LogP) is 2.59. The molecule has 134 valence electrons. The third-order valence-corrected chi connectivity index (χ3v) is 5.81. The number of benzene rings is 1. The number of ether oxygens (including phenoxy) is 1. The number of piperazine rings is 1. The van der Waals surface area contributed by atoms with Gasteiger partial charge in [-0.05, 0) is 61.8 Å². The fourth-order valence-electron chi connectivity index (χ4n) is 3.88. The average molecular weight is 332 g/mol. The molecule has 1 atom stereocenters. The number of methoxy groups -OCH3 is 1. The molecule has 3 rings (SSSR count). The van der Waals surface area contributed by atoms with Crippen molar-refractivity contribution in [2.45, 2.75) is 45.7 Å². The summed E-state index contributed by atoms with van der Waals surface area (Å²) in [5.74, 6) is 1.91. The smallest absolute Gasteiger partial charge is 0.122 e. The number of rotatable bonds is 7. The largest absolute Gasteiger partial charge is 0.496 e. The molecule has 1 aliphatic carbocycles. The van der Waals surface area contributed by atoms with Gasteiger partial charge in [0.2, 0.25) is 0 Å². The second-order valence-corrected chi connectivity index (χ2v) is 7.52. The van der Waals surface area contributed by atoms with E-state index in [9.17, 15) is 5.11 Å². The lowest BCUT2D eigenvalue weighted by Gasteiger charge is -2.42. The van der Waals surface area contributed by atoms with Gasteiger partial charge in [-0.25, -0.2) is 0 Å². The van der Waals surface area contributed by atoms with Crippen LogP contribution in [0.2, 0.25) is 0 Å². The minimum Gasteiger partial charge on any atom is -0.496 e. The Labute approximate surface area is 146 Å². The summed E-state index contributed by atoms with van der Waals surface area (Å²) in [5, 5.41) is 9.49. The molecule has 1 aliphatic heterocycles. The summed E-state index contributed by atoms with van der Waals surface area (Å²) < 4.78 is 5.43. The highest BCUT2D eigenvalue weighted by atomic mass is 16.5. The van der Waals surface area contributed by atoms with Crippen LogP contribution in [0.3, 0.4) is 0 Å². The monoisotopic (exact) mass is 332 g/mol. The number of hydrogen-bond acceptors (Lipinski definition) is 4. The van der Waals surface area contributed by atoms with Crippen LogP contribution in [0.5, 0.6) is 5.75 Å². The minimum atomic E-state index is 0.277. The fraction of sp³-hybridized carbons (Fsp3) is 0.700. The normalized spacial score (nSPS) is 22.8. The zero-order valence-corrected chi connectivity index (χ0v) is 15.4. The van der Waals surface area contributed by atoms with Crippen molar-refractivity contribution in [3.63, 3.8) is 0 Å². The number of aliphatic hydroxyl groups is 1. The maximum absolute atomic E-state index is 9.49. The van der Waals surface area contributed by atoms with Crippen LogP contribution in [0, 0.1) is 19.8 Å². The van der Waals surface area contributed by atoms with Crippen molar-refractivity contribution in [3.8, 4) is 5.75 Å². The molecular weight excluding hydrogens is 300 g/mol. The molecule has 0 spiro atoms. The summed E-state index contributed by atoms with van der Waals surface area (Å²) in [6, 6.07) is 4.75. The summed E-state index contributed by atoms with van der Waals surface area (Å²) in [4.78, 5) is 5.18. The second-order valence-electron chi connectivity index (χ2n) is 7.52. The topological polar surface area (TPSA) is 35.9 Å².